The second kappa shape index (κ2) is 1.32. The van der Waals surface area contributed by atoms with Crippen molar-refractivity contribution in [1.82, 2.24) is 0 Å². The minimum atomic E-state index is -1.86. The van der Waals surface area contributed by atoms with Crippen LogP contribution in [0, 0.1) is 4.61 Å². The molecule has 0 bridgehead atoms. The monoisotopic (exact) mass is 80.0 g/mol. The van der Waals surface area contributed by atoms with Gasteiger partial charge in [0, 0.05) is 0 Å². The lowest BCUT2D eigenvalue weighted by molar-refractivity contribution is 0.926. The highest BCUT2D eigenvalue weighted by molar-refractivity contribution is 7.77. The van der Waals surface area contributed by atoms with Gasteiger partial charge < -0.3 is 8.49 Å². The van der Waals surface area contributed by atoms with Gasteiger partial charge in [0.1, 0.15) is 0 Å². The molecule has 0 aliphatic heterocycles. The summed E-state index contributed by atoms with van der Waals surface area (Å²) in [7, 11) is -1.86. The van der Waals surface area contributed by atoms with Gasteiger partial charge in [0.15, 0.2) is 0 Å². The molecule has 0 radical (unpaired) electrons. The van der Waals surface area contributed by atoms with Crippen LogP contribution in [0.25, 0.3) is 0 Å². The average molecular weight is 80.1 g/mol. The lowest BCUT2D eigenvalue weighted by Crippen LogP contribution is -1.51. The van der Waals surface area contributed by atoms with Crippen LogP contribution in [0.3, 0.4) is 0 Å². The highest BCUT2D eigenvalue weighted by Gasteiger charge is 1.33. The van der Waals surface area contributed by atoms with E-state index in [0.717, 1.165) is 6.26 Å². The second-order valence-electron chi connectivity index (χ2n) is 0.406. The highest BCUT2D eigenvalue weighted by Crippen LogP contribution is 1.61. The van der Waals surface area contributed by atoms with Crippen LogP contribution in [-0.4, -0.2) is 6.26 Å². The molecule has 0 aliphatic carbocycles. The van der Waals surface area contributed by atoms with Gasteiger partial charge in [0.25, 0.3) is 0 Å². The van der Waals surface area contributed by atoms with Gasteiger partial charge in [-0.05, 0) is 0 Å². The number of hydrogen-bond acceptors (Lipinski definition) is 2. The molecule has 0 heterocycles. The van der Waals surface area contributed by atoms with Crippen LogP contribution in [-0.2, 0) is 10.9 Å². The summed E-state index contributed by atoms with van der Waals surface area (Å²) in [5.41, 5.74) is 0. The summed E-state index contributed by atoms with van der Waals surface area (Å²) >= 11 is 0. The molecule has 0 fully saturated rings. The average Bonchev–Trinajstić information content (AvgIpc) is 0.811. The first-order valence-electron chi connectivity index (χ1n) is 0.745. The molecule has 0 saturated heterocycles. The quantitative estimate of drug-likeness (QED) is 0.391. The Hall–Kier alpha value is -0.0100. The largest absolute Gasteiger partial charge is 0.401 e. The van der Waals surface area contributed by atoms with Crippen LogP contribution in [0.5, 0.6) is 0 Å². The van der Waals surface area contributed by atoms with Crippen molar-refractivity contribution >= 4 is 10.9 Å². The Kier molecular flexibility index (Phi) is 1.32. The van der Waals surface area contributed by atoms with Crippen molar-refractivity contribution in [2.24, 2.45) is 0 Å². The zero-order valence-corrected chi connectivity index (χ0v) is 3.05. The van der Waals surface area contributed by atoms with Gasteiger partial charge in [-0.3, -0.25) is 0 Å². The van der Waals surface area contributed by atoms with Crippen molar-refractivity contribution in [2.45, 2.75) is 0 Å². The Morgan fingerprint density at radius 2 is 2.00 bits per heavy atom. The maximum atomic E-state index is 10.6. The molecule has 0 atom stereocenters. The molecular weight excluding hydrogens is 77.1 g/mol. The summed E-state index contributed by atoms with van der Waals surface area (Å²) in [6.07, 6.45) is 1.08. The fourth-order valence-corrected chi connectivity index (χ4v) is 0. The van der Waals surface area contributed by atoms with Crippen LogP contribution in [0.2, 0.25) is 0 Å². The molecule has 0 saturated carbocycles. The molecule has 0 N–H and O–H groups in total. The van der Waals surface area contributed by atoms with E-state index in [0.29, 0.717) is 0 Å². The van der Waals surface area contributed by atoms with Gasteiger partial charge in [-0.2, -0.15) is 10.9 Å². The number of nitrogens with zero attached hydrogens (tertiary/aromatic N) is 1. The van der Waals surface area contributed by atoms with Gasteiger partial charge >= 0.3 is 0 Å². The minimum Gasteiger partial charge on any atom is -0.401 e. The first-order chi connectivity index (χ1) is 1.73. The lowest BCUT2D eigenvalue weighted by Gasteiger charge is -1.74. The molecular formula is CH3FNS-. The van der Waals surface area contributed by atoms with Gasteiger partial charge in [-0.25, -0.2) is 0 Å². The van der Waals surface area contributed by atoms with E-state index in [1.807, 2.05) is 0 Å². The molecule has 26 valence electrons. The number of rotatable bonds is 0. The Bertz CT molecular complexity index is 54.2. The van der Waals surface area contributed by atoms with Crippen molar-refractivity contribution in [3.05, 3.63) is 0 Å². The Labute approximate surface area is 26.7 Å². The molecule has 0 rings (SSSR count). The molecule has 0 aromatic heterocycles. The molecule has 4 heavy (non-hydrogen) atoms. The molecule has 1 nitrogen and oxygen atoms in total. The molecule has 0 aromatic rings. The first-order valence-corrected chi connectivity index (χ1v) is 2.24. The zero-order valence-electron chi connectivity index (χ0n) is 2.23. The van der Waals surface area contributed by atoms with Crippen LogP contribution in [0.1, 0.15) is 0 Å². The smallest absolute Gasteiger partial charge is 0.0987 e. The summed E-state index contributed by atoms with van der Waals surface area (Å²) in [6, 6.07) is 0. The third-order valence-corrected chi connectivity index (χ3v) is 0. The Morgan fingerprint density at radius 1 is 2.00 bits per heavy atom. The van der Waals surface area contributed by atoms with E-state index in [-0.39, 0.29) is 0 Å². The maximum Gasteiger partial charge on any atom is -0.0987 e. The molecule has 0 aliphatic rings. The Morgan fingerprint density at radius 3 is 2.00 bits per heavy atom. The van der Waals surface area contributed by atoms with Gasteiger partial charge in [0.2, 0.25) is 0 Å². The summed E-state index contributed by atoms with van der Waals surface area (Å²) in [5.74, 6) is 0. The highest BCUT2D eigenvalue weighted by atomic mass is 32.2. The standard InChI is InChI=1S/CH3FNS/c1-4(2)3/h1H3/q-1. The second-order valence-corrected chi connectivity index (χ2v) is 1.22. The predicted molar refractivity (Wildman–Crippen MR) is 16.1 cm³/mol. The first kappa shape index (κ1) is 3.99. The van der Waals surface area contributed by atoms with Crippen molar-refractivity contribution in [2.75, 3.05) is 6.26 Å². The van der Waals surface area contributed by atoms with Crippen molar-refractivity contribution in [3.63, 3.8) is 0 Å². The van der Waals surface area contributed by atoms with E-state index in [9.17, 15) is 3.89 Å². The summed E-state index contributed by atoms with van der Waals surface area (Å²) in [4.78, 5) is 0. The lowest BCUT2D eigenvalue weighted by atomic mass is 12.0. The van der Waals surface area contributed by atoms with Crippen molar-refractivity contribution in [1.29, 1.82) is 4.61 Å². The van der Waals surface area contributed by atoms with E-state index in [2.05, 4.69) is 0 Å². The van der Waals surface area contributed by atoms with Crippen LogP contribution in [0.4, 0.5) is 3.89 Å². The van der Waals surface area contributed by atoms with Crippen LogP contribution < -0.4 is 0 Å². The SMILES string of the molecule is C[S-](#N)F. The predicted octanol–water partition coefficient (Wildman–Crippen LogP) is 0.598. The fourth-order valence-electron chi connectivity index (χ4n) is 0. The van der Waals surface area contributed by atoms with E-state index in [1.54, 1.807) is 0 Å². The van der Waals surface area contributed by atoms with Crippen LogP contribution in [0.15, 0.2) is 0 Å². The summed E-state index contributed by atoms with van der Waals surface area (Å²) in [5, 5.41) is 0. The molecule has 0 amide bonds. The fraction of sp³-hybridized carbons (Fsp3) is 1.00. The Balaban J connectivity index is 3.02. The molecule has 0 aromatic carbocycles. The third kappa shape index (κ3) is 19500. The van der Waals surface area contributed by atoms with Crippen LogP contribution >= 0.6 is 0 Å². The number of hydrogen-bond donors (Lipinski definition) is 0. The maximum absolute atomic E-state index is 10.6. The van der Waals surface area contributed by atoms with E-state index in [4.69, 9.17) is 4.61 Å². The topological polar surface area (TPSA) is 23.8 Å². The zero-order chi connectivity index (χ0) is 3.58. The number of halogens is 1. The van der Waals surface area contributed by atoms with E-state index >= 15 is 0 Å². The summed E-state index contributed by atoms with van der Waals surface area (Å²) < 4.78 is 18.0. The van der Waals surface area contributed by atoms with E-state index in [1.165, 1.54) is 0 Å². The third-order valence-electron chi connectivity index (χ3n) is 0. The van der Waals surface area contributed by atoms with Gasteiger partial charge in [-0.15, -0.1) is 0 Å². The molecule has 0 spiro atoms. The molecule has 3 heteroatoms. The van der Waals surface area contributed by atoms with Crippen molar-refractivity contribution in [3.8, 4) is 0 Å². The normalized spacial score (nSPS) is 8.50. The van der Waals surface area contributed by atoms with Gasteiger partial charge in [0.05, 0.1) is 0 Å². The van der Waals surface area contributed by atoms with Gasteiger partial charge in [-0.1, -0.05) is 6.26 Å². The van der Waals surface area contributed by atoms with Crippen molar-refractivity contribution < 1.29 is 3.89 Å². The van der Waals surface area contributed by atoms with E-state index < -0.39 is 10.9 Å². The molecule has 0 unspecified atom stereocenters. The summed E-state index contributed by atoms with van der Waals surface area (Å²) in [6.45, 7) is 0. The minimum absolute atomic E-state index is 1.08.